The molecule has 0 bridgehead atoms. The second-order valence-electron chi connectivity index (χ2n) is 8.21. The first-order valence-electron chi connectivity index (χ1n) is 10.5. The SMILES string of the molecule is Cc1ncc(C(=O)CC2(C(=O)NCc3ccc(Nc4ccc(F)cc4C#N)cc3)CC2)cn1. The Labute approximate surface area is 190 Å². The molecule has 1 aliphatic rings. The van der Waals surface area contributed by atoms with Gasteiger partial charge in [-0.15, -0.1) is 0 Å². The van der Waals surface area contributed by atoms with Crippen molar-refractivity contribution in [2.45, 2.75) is 32.7 Å². The van der Waals surface area contributed by atoms with Gasteiger partial charge in [0.1, 0.15) is 17.7 Å². The number of anilines is 2. The molecule has 0 radical (unpaired) electrons. The van der Waals surface area contributed by atoms with Crippen molar-refractivity contribution < 1.29 is 14.0 Å². The molecule has 2 aromatic carbocycles. The quantitative estimate of drug-likeness (QED) is 0.505. The predicted molar refractivity (Wildman–Crippen MR) is 120 cm³/mol. The third kappa shape index (κ3) is 5.21. The molecule has 1 amide bonds. The van der Waals surface area contributed by atoms with E-state index in [1.165, 1.54) is 30.6 Å². The molecule has 1 heterocycles. The highest BCUT2D eigenvalue weighted by Crippen LogP contribution is 2.49. The topological polar surface area (TPSA) is 108 Å². The van der Waals surface area contributed by atoms with E-state index in [0.29, 0.717) is 36.5 Å². The van der Waals surface area contributed by atoms with Gasteiger partial charge in [-0.05, 0) is 55.7 Å². The van der Waals surface area contributed by atoms with E-state index < -0.39 is 11.2 Å². The Morgan fingerprint density at radius 3 is 2.45 bits per heavy atom. The lowest BCUT2D eigenvalue weighted by molar-refractivity contribution is -0.126. The van der Waals surface area contributed by atoms with Crippen molar-refractivity contribution in [1.29, 1.82) is 5.26 Å². The van der Waals surface area contributed by atoms with Gasteiger partial charge in [-0.25, -0.2) is 14.4 Å². The fourth-order valence-corrected chi connectivity index (χ4v) is 3.53. The van der Waals surface area contributed by atoms with E-state index in [4.69, 9.17) is 5.26 Å². The lowest BCUT2D eigenvalue weighted by atomic mass is 9.95. The summed E-state index contributed by atoms with van der Waals surface area (Å²) in [5.41, 5.74) is 2.12. The predicted octanol–water partition coefficient (Wildman–Crippen LogP) is 4.21. The van der Waals surface area contributed by atoms with Crippen LogP contribution in [0.15, 0.2) is 54.9 Å². The number of carbonyl (C=O) groups is 2. The highest BCUT2D eigenvalue weighted by atomic mass is 19.1. The fourth-order valence-electron chi connectivity index (χ4n) is 3.53. The van der Waals surface area contributed by atoms with Crippen LogP contribution in [0.4, 0.5) is 15.8 Å². The minimum Gasteiger partial charge on any atom is -0.354 e. The normalized spacial score (nSPS) is 13.6. The van der Waals surface area contributed by atoms with Gasteiger partial charge in [0, 0.05) is 31.0 Å². The summed E-state index contributed by atoms with van der Waals surface area (Å²) >= 11 is 0. The van der Waals surface area contributed by atoms with Crippen molar-refractivity contribution in [3.63, 3.8) is 0 Å². The van der Waals surface area contributed by atoms with Crippen LogP contribution in [0.3, 0.4) is 0 Å². The average molecular weight is 443 g/mol. The van der Waals surface area contributed by atoms with E-state index in [2.05, 4.69) is 20.6 Å². The molecular formula is C25H22FN5O2. The van der Waals surface area contributed by atoms with Gasteiger partial charge < -0.3 is 10.6 Å². The summed E-state index contributed by atoms with van der Waals surface area (Å²) in [4.78, 5) is 33.4. The third-order valence-electron chi connectivity index (χ3n) is 5.73. The smallest absolute Gasteiger partial charge is 0.226 e. The second kappa shape index (κ2) is 9.17. The standard InChI is InChI=1S/C25H22FN5O2/c1-16-28-14-19(15-29-16)23(32)11-25(8-9-25)24(33)30-13-17-2-5-21(6-3-17)31-22-7-4-20(26)10-18(22)12-27/h2-7,10,14-15,31H,8-9,11,13H2,1H3,(H,30,33). The number of hydrogen-bond donors (Lipinski definition) is 2. The number of aromatic nitrogens is 2. The largest absolute Gasteiger partial charge is 0.354 e. The van der Waals surface area contributed by atoms with Crippen molar-refractivity contribution in [2.24, 2.45) is 5.41 Å². The number of ketones is 1. The maximum atomic E-state index is 13.3. The molecule has 8 heteroatoms. The van der Waals surface area contributed by atoms with Crippen LogP contribution in [-0.4, -0.2) is 21.7 Å². The second-order valence-corrected chi connectivity index (χ2v) is 8.21. The average Bonchev–Trinajstić information content (AvgIpc) is 3.60. The molecule has 1 saturated carbocycles. The van der Waals surface area contributed by atoms with Crippen molar-refractivity contribution in [1.82, 2.24) is 15.3 Å². The van der Waals surface area contributed by atoms with Gasteiger partial charge in [0.25, 0.3) is 0 Å². The van der Waals surface area contributed by atoms with Crippen LogP contribution in [0.25, 0.3) is 0 Å². The first kappa shape index (κ1) is 22.1. The van der Waals surface area contributed by atoms with Crippen LogP contribution in [0.2, 0.25) is 0 Å². The van der Waals surface area contributed by atoms with Gasteiger partial charge >= 0.3 is 0 Å². The molecule has 0 aliphatic heterocycles. The Balaban J connectivity index is 1.33. The number of amides is 1. The van der Waals surface area contributed by atoms with Crippen molar-refractivity contribution in [2.75, 3.05) is 5.32 Å². The van der Waals surface area contributed by atoms with E-state index >= 15 is 0 Å². The third-order valence-corrected chi connectivity index (χ3v) is 5.73. The van der Waals surface area contributed by atoms with Gasteiger partial charge in [-0.2, -0.15) is 5.26 Å². The molecule has 33 heavy (non-hydrogen) atoms. The minimum atomic E-state index is -0.653. The number of halogens is 1. The summed E-state index contributed by atoms with van der Waals surface area (Å²) in [5, 5.41) is 15.2. The summed E-state index contributed by atoms with van der Waals surface area (Å²) in [5.74, 6) is -0.132. The molecule has 0 atom stereocenters. The molecule has 0 spiro atoms. The zero-order valence-electron chi connectivity index (χ0n) is 18.1. The van der Waals surface area contributed by atoms with Gasteiger partial charge in [-0.1, -0.05) is 12.1 Å². The van der Waals surface area contributed by atoms with Crippen molar-refractivity contribution in [3.8, 4) is 6.07 Å². The van der Waals surface area contributed by atoms with Crippen LogP contribution in [0, 0.1) is 29.5 Å². The minimum absolute atomic E-state index is 0.129. The number of hydrogen-bond acceptors (Lipinski definition) is 6. The molecular weight excluding hydrogens is 421 g/mol. The summed E-state index contributed by atoms with van der Waals surface area (Å²) < 4.78 is 13.3. The summed E-state index contributed by atoms with van der Waals surface area (Å²) in [6.07, 6.45) is 4.50. The number of benzene rings is 2. The molecule has 2 N–H and O–H groups in total. The van der Waals surface area contributed by atoms with Crippen LogP contribution >= 0.6 is 0 Å². The highest BCUT2D eigenvalue weighted by molar-refractivity contribution is 6.00. The highest BCUT2D eigenvalue weighted by Gasteiger charge is 2.51. The zero-order chi connectivity index (χ0) is 23.4. The van der Waals surface area contributed by atoms with Crippen LogP contribution < -0.4 is 10.6 Å². The van der Waals surface area contributed by atoms with Crippen LogP contribution in [0.5, 0.6) is 0 Å². The number of nitrogens with one attached hydrogen (secondary N) is 2. The fraction of sp³-hybridized carbons (Fsp3) is 0.240. The van der Waals surface area contributed by atoms with E-state index in [1.807, 2.05) is 30.3 Å². The lowest BCUT2D eigenvalue weighted by Gasteiger charge is -2.15. The molecule has 1 aromatic heterocycles. The maximum absolute atomic E-state index is 13.3. The molecule has 4 rings (SSSR count). The number of nitriles is 1. The van der Waals surface area contributed by atoms with Gasteiger partial charge in [-0.3, -0.25) is 9.59 Å². The van der Waals surface area contributed by atoms with Crippen LogP contribution in [0.1, 0.15) is 46.6 Å². The van der Waals surface area contributed by atoms with Crippen molar-refractivity contribution in [3.05, 3.63) is 83.2 Å². The van der Waals surface area contributed by atoms with Gasteiger partial charge in [0.2, 0.25) is 5.91 Å². The molecule has 1 aliphatic carbocycles. The van der Waals surface area contributed by atoms with E-state index in [-0.39, 0.29) is 23.7 Å². The first-order chi connectivity index (χ1) is 15.9. The Kier molecular flexibility index (Phi) is 6.13. The van der Waals surface area contributed by atoms with Crippen LogP contribution in [-0.2, 0) is 11.3 Å². The first-order valence-corrected chi connectivity index (χ1v) is 10.5. The summed E-state index contributed by atoms with van der Waals surface area (Å²) in [6.45, 7) is 2.09. The van der Waals surface area contributed by atoms with Crippen molar-refractivity contribution >= 4 is 23.1 Å². The molecule has 3 aromatic rings. The molecule has 0 saturated heterocycles. The lowest BCUT2D eigenvalue weighted by Crippen LogP contribution is -2.33. The Bertz CT molecular complexity index is 1230. The Morgan fingerprint density at radius 2 is 1.82 bits per heavy atom. The Hall–Kier alpha value is -4.12. The Morgan fingerprint density at radius 1 is 1.12 bits per heavy atom. The van der Waals surface area contributed by atoms with E-state index in [9.17, 15) is 14.0 Å². The van der Waals surface area contributed by atoms with E-state index in [1.54, 1.807) is 6.92 Å². The molecule has 0 unspecified atom stereocenters. The van der Waals surface area contributed by atoms with Gasteiger partial charge in [0.15, 0.2) is 5.78 Å². The number of aryl methyl sites for hydroxylation is 1. The summed E-state index contributed by atoms with van der Waals surface area (Å²) in [6, 6.07) is 13.3. The van der Waals surface area contributed by atoms with Gasteiger partial charge in [0.05, 0.1) is 22.2 Å². The molecule has 1 fully saturated rings. The monoisotopic (exact) mass is 443 g/mol. The number of Topliss-reactive ketones (excluding diaryl/α,β-unsaturated/α-hetero) is 1. The number of carbonyl (C=O) groups excluding carboxylic acids is 2. The molecule has 166 valence electrons. The molecule has 7 nitrogen and oxygen atoms in total. The summed E-state index contributed by atoms with van der Waals surface area (Å²) in [7, 11) is 0. The number of rotatable bonds is 8. The maximum Gasteiger partial charge on any atom is 0.226 e. The number of nitrogens with zero attached hydrogens (tertiary/aromatic N) is 3. The zero-order valence-corrected chi connectivity index (χ0v) is 18.1. The van der Waals surface area contributed by atoms with E-state index in [0.717, 1.165) is 11.3 Å².